The highest BCUT2D eigenvalue weighted by molar-refractivity contribution is 5.87. The lowest BCUT2D eigenvalue weighted by atomic mass is 10.0. The molecule has 108 valence electrons. The molecular weight excluding hydrogens is 257 g/mol. The number of hydrogen-bond donors (Lipinski definition) is 1. The van der Waals surface area contributed by atoms with Gasteiger partial charge in [0.1, 0.15) is 5.82 Å². The van der Waals surface area contributed by atoms with Crippen molar-refractivity contribution in [1.29, 1.82) is 0 Å². The van der Waals surface area contributed by atoms with Gasteiger partial charge in [-0.25, -0.2) is 9.18 Å². The van der Waals surface area contributed by atoms with Gasteiger partial charge in [-0.15, -0.1) is 0 Å². The minimum atomic E-state index is -1.07. The lowest BCUT2D eigenvalue weighted by molar-refractivity contribution is -0.131. The molecule has 0 aromatic heterocycles. The van der Waals surface area contributed by atoms with Gasteiger partial charge in [-0.05, 0) is 37.0 Å². The van der Waals surface area contributed by atoms with Gasteiger partial charge in [-0.1, -0.05) is 19.4 Å². The molecule has 0 bridgehead atoms. The molecule has 0 amide bonds. The van der Waals surface area contributed by atoms with Crippen molar-refractivity contribution in [3.63, 3.8) is 0 Å². The summed E-state index contributed by atoms with van der Waals surface area (Å²) in [7, 11) is 0. The van der Waals surface area contributed by atoms with Crippen molar-refractivity contribution >= 4 is 17.7 Å². The van der Waals surface area contributed by atoms with Crippen LogP contribution in [0.2, 0.25) is 0 Å². The predicted octanol–water partition coefficient (Wildman–Crippen LogP) is 3.55. The predicted molar refractivity (Wildman–Crippen MR) is 78.3 cm³/mol. The van der Waals surface area contributed by atoms with E-state index in [1.807, 2.05) is 6.07 Å². The van der Waals surface area contributed by atoms with Crippen molar-refractivity contribution in [2.24, 2.45) is 5.92 Å². The monoisotopic (exact) mass is 277 g/mol. The van der Waals surface area contributed by atoms with E-state index in [4.69, 9.17) is 5.11 Å². The Hall–Kier alpha value is -1.84. The first kappa shape index (κ1) is 14.6. The van der Waals surface area contributed by atoms with Crippen molar-refractivity contribution in [2.45, 2.75) is 26.2 Å². The van der Waals surface area contributed by atoms with Crippen LogP contribution in [-0.4, -0.2) is 24.2 Å². The van der Waals surface area contributed by atoms with Gasteiger partial charge in [0.25, 0.3) is 0 Å². The molecule has 1 aromatic carbocycles. The zero-order valence-electron chi connectivity index (χ0n) is 11.7. The van der Waals surface area contributed by atoms with E-state index < -0.39 is 5.97 Å². The third-order valence-electron chi connectivity index (χ3n) is 3.75. The van der Waals surface area contributed by atoms with Crippen LogP contribution in [0.15, 0.2) is 24.3 Å². The molecule has 1 aromatic rings. The summed E-state index contributed by atoms with van der Waals surface area (Å²) < 4.78 is 13.9. The second-order valence-electron chi connectivity index (χ2n) is 5.23. The lowest BCUT2D eigenvalue weighted by Gasteiger charge is -2.21. The summed E-state index contributed by atoms with van der Waals surface area (Å²) in [6, 6.07) is 4.90. The number of anilines is 1. The first-order chi connectivity index (χ1) is 9.61. The Bertz CT molecular complexity index is 513. The molecule has 0 spiro atoms. The summed E-state index contributed by atoms with van der Waals surface area (Å²) in [6.07, 6.45) is 5.80. The van der Waals surface area contributed by atoms with Gasteiger partial charge in [0.15, 0.2) is 0 Å². The van der Waals surface area contributed by atoms with Crippen LogP contribution in [0.4, 0.5) is 10.1 Å². The van der Waals surface area contributed by atoms with Crippen LogP contribution in [0.5, 0.6) is 0 Å². The molecule has 1 fully saturated rings. The Kier molecular flexibility index (Phi) is 4.77. The molecule has 20 heavy (non-hydrogen) atoms. The van der Waals surface area contributed by atoms with E-state index in [-0.39, 0.29) is 5.82 Å². The molecule has 1 aliphatic heterocycles. The molecule has 1 saturated heterocycles. The van der Waals surface area contributed by atoms with Gasteiger partial charge >= 0.3 is 5.97 Å². The van der Waals surface area contributed by atoms with E-state index in [0.717, 1.165) is 37.7 Å². The second-order valence-corrected chi connectivity index (χ2v) is 5.23. The van der Waals surface area contributed by atoms with Crippen LogP contribution in [0.3, 0.4) is 0 Å². The molecule has 0 radical (unpaired) electrons. The van der Waals surface area contributed by atoms with Gasteiger partial charge in [-0.3, -0.25) is 0 Å². The fraction of sp³-hybridized carbons (Fsp3) is 0.438. The Morgan fingerprint density at radius 3 is 3.05 bits per heavy atom. The maximum absolute atomic E-state index is 13.9. The second kappa shape index (κ2) is 6.55. The van der Waals surface area contributed by atoms with E-state index in [2.05, 4.69) is 11.8 Å². The van der Waals surface area contributed by atoms with Gasteiger partial charge in [0.2, 0.25) is 0 Å². The highest BCUT2D eigenvalue weighted by atomic mass is 19.1. The maximum Gasteiger partial charge on any atom is 0.328 e. The smallest absolute Gasteiger partial charge is 0.328 e. The molecular formula is C16H20FNO2. The molecule has 1 heterocycles. The summed E-state index contributed by atoms with van der Waals surface area (Å²) in [5.74, 6) is -0.789. The number of benzene rings is 1. The SMILES string of the molecule is CCCC1CCN(c2cccc(F)c2/C=C/C(=O)O)C1. The van der Waals surface area contributed by atoms with Gasteiger partial charge in [0.05, 0.1) is 0 Å². The molecule has 3 nitrogen and oxygen atoms in total. The number of halogens is 1. The molecule has 1 atom stereocenters. The zero-order chi connectivity index (χ0) is 14.5. The minimum Gasteiger partial charge on any atom is -0.478 e. The summed E-state index contributed by atoms with van der Waals surface area (Å²) in [5, 5.41) is 8.71. The number of aliphatic carboxylic acids is 1. The first-order valence-corrected chi connectivity index (χ1v) is 7.06. The van der Waals surface area contributed by atoms with E-state index in [0.29, 0.717) is 11.5 Å². The standard InChI is InChI=1S/C16H20FNO2/c1-2-4-12-9-10-18(11-12)15-6-3-5-14(17)13(15)7-8-16(19)20/h3,5-8,12H,2,4,9-11H2,1H3,(H,19,20)/b8-7+. The van der Waals surface area contributed by atoms with Crippen molar-refractivity contribution in [2.75, 3.05) is 18.0 Å². The van der Waals surface area contributed by atoms with Crippen molar-refractivity contribution in [1.82, 2.24) is 0 Å². The fourth-order valence-corrected chi connectivity index (χ4v) is 2.82. The highest BCUT2D eigenvalue weighted by Crippen LogP contribution is 2.31. The van der Waals surface area contributed by atoms with Crippen LogP contribution in [0.1, 0.15) is 31.7 Å². The van der Waals surface area contributed by atoms with Crippen molar-refractivity contribution in [3.8, 4) is 0 Å². The molecule has 2 rings (SSSR count). The lowest BCUT2D eigenvalue weighted by Crippen LogP contribution is -2.20. The average Bonchev–Trinajstić information content (AvgIpc) is 2.86. The van der Waals surface area contributed by atoms with Crippen LogP contribution in [0, 0.1) is 11.7 Å². The zero-order valence-corrected chi connectivity index (χ0v) is 11.7. The number of carboxylic acid groups (broad SMARTS) is 1. The van der Waals surface area contributed by atoms with Gasteiger partial charge < -0.3 is 10.0 Å². The first-order valence-electron chi connectivity index (χ1n) is 7.06. The quantitative estimate of drug-likeness (QED) is 0.837. The minimum absolute atomic E-state index is 0.368. The van der Waals surface area contributed by atoms with Crippen LogP contribution < -0.4 is 4.90 Å². The Morgan fingerprint density at radius 1 is 1.55 bits per heavy atom. The number of rotatable bonds is 5. The third-order valence-corrected chi connectivity index (χ3v) is 3.75. The summed E-state index contributed by atoms with van der Waals surface area (Å²) >= 11 is 0. The Morgan fingerprint density at radius 2 is 2.35 bits per heavy atom. The topological polar surface area (TPSA) is 40.5 Å². The number of carbonyl (C=O) groups is 1. The summed E-state index contributed by atoms with van der Waals surface area (Å²) in [5.41, 5.74) is 1.16. The number of hydrogen-bond acceptors (Lipinski definition) is 2. The summed E-state index contributed by atoms with van der Waals surface area (Å²) in [6.45, 7) is 4.00. The van der Waals surface area contributed by atoms with Gasteiger partial charge in [-0.2, -0.15) is 0 Å². The number of carboxylic acids is 1. The molecule has 4 heteroatoms. The normalized spacial score (nSPS) is 18.9. The highest BCUT2D eigenvalue weighted by Gasteiger charge is 2.23. The Balaban J connectivity index is 2.23. The molecule has 1 unspecified atom stereocenters. The van der Waals surface area contributed by atoms with E-state index >= 15 is 0 Å². The average molecular weight is 277 g/mol. The summed E-state index contributed by atoms with van der Waals surface area (Å²) in [4.78, 5) is 12.8. The fourth-order valence-electron chi connectivity index (χ4n) is 2.82. The maximum atomic E-state index is 13.9. The molecule has 0 saturated carbocycles. The van der Waals surface area contributed by atoms with E-state index in [1.165, 1.54) is 18.6 Å². The van der Waals surface area contributed by atoms with Crippen LogP contribution >= 0.6 is 0 Å². The van der Waals surface area contributed by atoms with Crippen molar-refractivity contribution in [3.05, 3.63) is 35.7 Å². The molecule has 1 N–H and O–H groups in total. The Labute approximate surface area is 118 Å². The van der Waals surface area contributed by atoms with Crippen LogP contribution in [-0.2, 0) is 4.79 Å². The number of nitrogens with zero attached hydrogens (tertiary/aromatic N) is 1. The van der Waals surface area contributed by atoms with Crippen LogP contribution in [0.25, 0.3) is 6.08 Å². The molecule has 1 aliphatic rings. The van der Waals surface area contributed by atoms with E-state index in [1.54, 1.807) is 6.07 Å². The largest absolute Gasteiger partial charge is 0.478 e. The van der Waals surface area contributed by atoms with Gasteiger partial charge in [0, 0.05) is 30.4 Å². The molecule has 0 aliphatic carbocycles. The third kappa shape index (κ3) is 3.38. The van der Waals surface area contributed by atoms with E-state index in [9.17, 15) is 9.18 Å². The van der Waals surface area contributed by atoms with Crippen molar-refractivity contribution < 1.29 is 14.3 Å².